The van der Waals surface area contributed by atoms with Crippen LogP contribution in [0.1, 0.15) is 29.9 Å². The second-order valence-corrected chi connectivity index (χ2v) is 4.44. The number of hydrogen-bond donors (Lipinski definition) is 2. The maximum Gasteiger partial charge on any atom is 0.340 e. The molecule has 1 heterocycles. The molecule has 1 rings (SSSR count). The van der Waals surface area contributed by atoms with Crippen LogP contribution < -0.4 is 10.6 Å². The van der Waals surface area contributed by atoms with E-state index in [1.54, 1.807) is 32.9 Å². The van der Waals surface area contributed by atoms with Crippen LogP contribution >= 0.6 is 0 Å². The normalized spacial score (nSPS) is 10.0. The number of carbonyl (C=O) groups excluding carboxylic acids is 3. The maximum atomic E-state index is 11.6. The van der Waals surface area contributed by atoms with E-state index in [2.05, 4.69) is 10.3 Å². The highest BCUT2D eigenvalue weighted by atomic mass is 16.5. The van der Waals surface area contributed by atoms with Gasteiger partial charge in [-0.3, -0.25) is 15.1 Å². The molecule has 0 aliphatic rings. The fraction of sp³-hybridized carbons (Fsp3) is 0.385. The van der Waals surface area contributed by atoms with Crippen LogP contribution in [0.3, 0.4) is 0 Å². The van der Waals surface area contributed by atoms with Crippen molar-refractivity contribution in [1.82, 2.24) is 15.6 Å². The Hall–Kier alpha value is -2.44. The molecule has 108 valence electrons. The molecule has 7 nitrogen and oxygen atoms in total. The SMILES string of the molecule is Cc1ccc(C(=O)OCC(=O)NC(=O)NC(C)C)cn1. The smallest absolute Gasteiger partial charge is 0.340 e. The zero-order valence-corrected chi connectivity index (χ0v) is 11.6. The number of ether oxygens (including phenoxy) is 1. The summed E-state index contributed by atoms with van der Waals surface area (Å²) in [5.74, 6) is -1.37. The van der Waals surface area contributed by atoms with E-state index in [0.29, 0.717) is 0 Å². The van der Waals surface area contributed by atoms with Gasteiger partial charge in [-0.25, -0.2) is 9.59 Å². The summed E-state index contributed by atoms with van der Waals surface area (Å²) in [6.07, 6.45) is 1.36. The molecule has 1 aromatic heterocycles. The molecule has 1 aromatic rings. The highest BCUT2D eigenvalue weighted by molar-refractivity contribution is 5.96. The summed E-state index contributed by atoms with van der Waals surface area (Å²) in [4.78, 5) is 38.1. The Bertz CT molecular complexity index is 497. The summed E-state index contributed by atoms with van der Waals surface area (Å²) in [5, 5.41) is 4.52. The molecule has 0 radical (unpaired) electrons. The summed E-state index contributed by atoms with van der Waals surface area (Å²) in [6, 6.07) is 2.49. The van der Waals surface area contributed by atoms with Gasteiger partial charge in [0.1, 0.15) is 0 Å². The molecule has 3 amide bonds. The van der Waals surface area contributed by atoms with Gasteiger partial charge in [0.15, 0.2) is 6.61 Å². The van der Waals surface area contributed by atoms with Crippen molar-refractivity contribution in [1.29, 1.82) is 0 Å². The molecule has 2 N–H and O–H groups in total. The number of urea groups is 1. The molecule has 7 heteroatoms. The first kappa shape index (κ1) is 15.6. The Morgan fingerprint density at radius 3 is 2.55 bits per heavy atom. The predicted octanol–water partition coefficient (Wildman–Crippen LogP) is 0.781. The van der Waals surface area contributed by atoms with Crippen LogP contribution in [0.25, 0.3) is 0 Å². The van der Waals surface area contributed by atoms with Gasteiger partial charge in [-0.2, -0.15) is 0 Å². The average molecular weight is 279 g/mol. The average Bonchev–Trinajstić information content (AvgIpc) is 2.35. The van der Waals surface area contributed by atoms with Gasteiger partial charge in [-0.05, 0) is 32.9 Å². The van der Waals surface area contributed by atoms with Gasteiger partial charge in [0.05, 0.1) is 5.56 Å². The van der Waals surface area contributed by atoms with Crippen LogP contribution in [-0.2, 0) is 9.53 Å². The molecule has 0 bridgehead atoms. The fourth-order valence-corrected chi connectivity index (χ4v) is 1.26. The third kappa shape index (κ3) is 5.47. The van der Waals surface area contributed by atoms with E-state index >= 15 is 0 Å². The number of aryl methyl sites for hydroxylation is 1. The molecule has 0 saturated carbocycles. The van der Waals surface area contributed by atoms with Crippen LogP contribution in [0, 0.1) is 6.92 Å². The van der Waals surface area contributed by atoms with E-state index < -0.39 is 24.5 Å². The first-order valence-corrected chi connectivity index (χ1v) is 6.08. The largest absolute Gasteiger partial charge is 0.452 e. The van der Waals surface area contributed by atoms with E-state index in [-0.39, 0.29) is 11.6 Å². The number of rotatable bonds is 4. The molecule has 0 aliphatic carbocycles. The minimum atomic E-state index is -0.698. The zero-order chi connectivity index (χ0) is 15.1. The third-order valence-electron chi connectivity index (χ3n) is 2.15. The number of pyridine rings is 1. The summed E-state index contributed by atoms with van der Waals surface area (Å²) in [7, 11) is 0. The molecular formula is C13H17N3O4. The third-order valence-corrected chi connectivity index (χ3v) is 2.15. The van der Waals surface area contributed by atoms with Crippen LogP contribution in [-0.4, -0.2) is 35.5 Å². The first-order chi connectivity index (χ1) is 9.38. The first-order valence-electron chi connectivity index (χ1n) is 6.08. The summed E-state index contributed by atoms with van der Waals surface area (Å²) >= 11 is 0. The van der Waals surface area contributed by atoms with Gasteiger partial charge in [0.2, 0.25) is 0 Å². The number of aromatic nitrogens is 1. The van der Waals surface area contributed by atoms with Crippen molar-refractivity contribution in [2.24, 2.45) is 0 Å². The summed E-state index contributed by atoms with van der Waals surface area (Å²) < 4.78 is 4.76. The fourth-order valence-electron chi connectivity index (χ4n) is 1.26. The Morgan fingerprint density at radius 1 is 1.30 bits per heavy atom. The van der Waals surface area contributed by atoms with Gasteiger partial charge in [0, 0.05) is 17.9 Å². The van der Waals surface area contributed by atoms with Crippen molar-refractivity contribution in [3.8, 4) is 0 Å². The monoisotopic (exact) mass is 279 g/mol. The van der Waals surface area contributed by atoms with Gasteiger partial charge >= 0.3 is 12.0 Å². The van der Waals surface area contributed by atoms with Crippen LogP contribution in [0.15, 0.2) is 18.3 Å². The molecule has 0 fully saturated rings. The lowest BCUT2D eigenvalue weighted by atomic mass is 10.2. The Labute approximate surface area is 116 Å². The lowest BCUT2D eigenvalue weighted by Crippen LogP contribution is -2.44. The lowest BCUT2D eigenvalue weighted by Gasteiger charge is -2.09. The van der Waals surface area contributed by atoms with Gasteiger partial charge in [0.25, 0.3) is 5.91 Å². The standard InChI is InChI=1S/C13H17N3O4/c1-8(2)15-13(19)16-11(17)7-20-12(18)10-5-4-9(3)14-6-10/h4-6,8H,7H2,1-3H3,(H2,15,16,17,19). The number of esters is 1. The van der Waals surface area contributed by atoms with Gasteiger partial charge in [-0.1, -0.05) is 0 Å². The van der Waals surface area contributed by atoms with E-state index in [1.165, 1.54) is 6.20 Å². The Kier molecular flexibility index (Phi) is 5.64. The predicted molar refractivity (Wildman–Crippen MR) is 71.1 cm³/mol. The number of amides is 3. The van der Waals surface area contributed by atoms with Crippen LogP contribution in [0.4, 0.5) is 4.79 Å². The highest BCUT2D eigenvalue weighted by Gasteiger charge is 2.12. The topological polar surface area (TPSA) is 97.4 Å². The van der Waals surface area contributed by atoms with E-state index in [9.17, 15) is 14.4 Å². The minimum Gasteiger partial charge on any atom is -0.452 e. The van der Waals surface area contributed by atoms with E-state index in [4.69, 9.17) is 4.74 Å². The maximum absolute atomic E-state index is 11.6. The number of imide groups is 1. The summed E-state index contributed by atoms with van der Waals surface area (Å²) in [5.41, 5.74) is 1.01. The summed E-state index contributed by atoms with van der Waals surface area (Å²) in [6.45, 7) is 4.77. The molecule has 0 aromatic carbocycles. The van der Waals surface area contributed by atoms with Gasteiger partial charge in [-0.15, -0.1) is 0 Å². The van der Waals surface area contributed by atoms with E-state index in [0.717, 1.165) is 5.69 Å². The second-order valence-electron chi connectivity index (χ2n) is 4.44. The zero-order valence-electron chi connectivity index (χ0n) is 11.6. The number of hydrogen-bond acceptors (Lipinski definition) is 5. The van der Waals surface area contributed by atoms with Crippen molar-refractivity contribution < 1.29 is 19.1 Å². The van der Waals surface area contributed by atoms with Crippen LogP contribution in [0.2, 0.25) is 0 Å². The number of nitrogens with zero attached hydrogens (tertiary/aromatic N) is 1. The van der Waals surface area contributed by atoms with E-state index in [1.807, 2.05) is 5.32 Å². The van der Waals surface area contributed by atoms with Gasteiger partial charge < -0.3 is 10.1 Å². The molecule has 0 unspecified atom stereocenters. The molecule has 0 saturated heterocycles. The van der Waals surface area contributed by atoms with Crippen molar-refractivity contribution in [2.75, 3.05) is 6.61 Å². The van der Waals surface area contributed by atoms with Crippen molar-refractivity contribution >= 4 is 17.9 Å². The number of nitrogens with one attached hydrogen (secondary N) is 2. The van der Waals surface area contributed by atoms with Crippen molar-refractivity contribution in [2.45, 2.75) is 26.8 Å². The molecule has 20 heavy (non-hydrogen) atoms. The Balaban J connectivity index is 2.39. The molecule has 0 spiro atoms. The number of carbonyl (C=O) groups is 3. The van der Waals surface area contributed by atoms with Crippen LogP contribution in [0.5, 0.6) is 0 Å². The highest BCUT2D eigenvalue weighted by Crippen LogP contribution is 2.01. The lowest BCUT2D eigenvalue weighted by molar-refractivity contribution is -0.123. The second kappa shape index (κ2) is 7.22. The van der Waals surface area contributed by atoms with Crippen molar-refractivity contribution in [3.05, 3.63) is 29.6 Å². The Morgan fingerprint density at radius 2 is 2.00 bits per heavy atom. The quantitative estimate of drug-likeness (QED) is 0.794. The minimum absolute atomic E-state index is 0.0935. The molecule has 0 aliphatic heterocycles. The molecular weight excluding hydrogens is 262 g/mol. The molecule has 0 atom stereocenters. The van der Waals surface area contributed by atoms with Crippen molar-refractivity contribution in [3.63, 3.8) is 0 Å².